The van der Waals surface area contributed by atoms with E-state index in [1.807, 2.05) is 23.8 Å². The molecule has 0 atom stereocenters. The lowest BCUT2D eigenvalue weighted by molar-refractivity contribution is -0.380. The highest BCUT2D eigenvalue weighted by Gasteiger charge is 2.23. The predicted molar refractivity (Wildman–Crippen MR) is 112 cm³/mol. The number of nitrogens with one attached hydrogen (secondary N) is 1. The SMILES string of the molecule is O=c1ccn(C2CCN(Cc3csc([N+](=O)[O-])c3)CC2)c2c1cnc1[nH]ccc12. The molecule has 1 fully saturated rings. The Kier molecular flexibility index (Phi) is 4.40. The number of aromatic amines is 1. The van der Waals surface area contributed by atoms with Crippen LogP contribution in [-0.2, 0) is 6.54 Å². The van der Waals surface area contributed by atoms with E-state index in [-0.39, 0.29) is 15.4 Å². The monoisotopic (exact) mass is 409 g/mol. The number of nitro groups is 1. The molecule has 0 aliphatic carbocycles. The molecule has 29 heavy (non-hydrogen) atoms. The van der Waals surface area contributed by atoms with Crippen LogP contribution in [0.5, 0.6) is 0 Å². The van der Waals surface area contributed by atoms with Crippen molar-refractivity contribution < 1.29 is 4.92 Å². The zero-order chi connectivity index (χ0) is 20.0. The lowest BCUT2D eigenvalue weighted by Crippen LogP contribution is -2.34. The van der Waals surface area contributed by atoms with Crippen LogP contribution >= 0.6 is 11.3 Å². The van der Waals surface area contributed by atoms with Crippen LogP contribution < -0.4 is 5.43 Å². The van der Waals surface area contributed by atoms with Crippen LogP contribution in [0.25, 0.3) is 21.9 Å². The molecule has 1 saturated heterocycles. The number of likely N-dealkylation sites (tertiary alicyclic amines) is 1. The fourth-order valence-corrected chi connectivity index (χ4v) is 4.94. The number of fused-ring (bicyclic) bond motifs is 3. The molecule has 1 aliphatic heterocycles. The van der Waals surface area contributed by atoms with Crippen molar-refractivity contribution in [1.29, 1.82) is 0 Å². The third-order valence-corrected chi connectivity index (χ3v) is 6.57. The van der Waals surface area contributed by atoms with Gasteiger partial charge in [-0.2, -0.15) is 0 Å². The van der Waals surface area contributed by atoms with Gasteiger partial charge in [-0.25, -0.2) is 4.98 Å². The van der Waals surface area contributed by atoms with Crippen LogP contribution in [0.2, 0.25) is 0 Å². The zero-order valence-corrected chi connectivity index (χ0v) is 16.4. The molecule has 8 nitrogen and oxygen atoms in total. The Bertz CT molecular complexity index is 1270. The Morgan fingerprint density at radius 1 is 1.28 bits per heavy atom. The van der Waals surface area contributed by atoms with E-state index in [1.165, 1.54) is 11.3 Å². The highest BCUT2D eigenvalue weighted by molar-refractivity contribution is 7.13. The van der Waals surface area contributed by atoms with Crippen LogP contribution in [-0.4, -0.2) is 37.4 Å². The van der Waals surface area contributed by atoms with Gasteiger partial charge >= 0.3 is 5.00 Å². The van der Waals surface area contributed by atoms with Gasteiger partial charge in [0, 0.05) is 67.2 Å². The molecule has 5 heterocycles. The van der Waals surface area contributed by atoms with Crippen molar-refractivity contribution in [2.24, 2.45) is 0 Å². The number of pyridine rings is 2. The summed E-state index contributed by atoms with van der Waals surface area (Å²) < 4.78 is 2.22. The summed E-state index contributed by atoms with van der Waals surface area (Å²) in [5.41, 5.74) is 2.71. The second kappa shape index (κ2) is 7.09. The van der Waals surface area contributed by atoms with E-state index in [0.29, 0.717) is 11.4 Å². The molecule has 4 aromatic rings. The number of piperidine rings is 1. The fourth-order valence-electron chi connectivity index (χ4n) is 4.22. The minimum atomic E-state index is -0.335. The van der Waals surface area contributed by atoms with Gasteiger partial charge in [0.05, 0.1) is 15.8 Å². The molecule has 9 heteroatoms. The molecule has 0 radical (unpaired) electrons. The molecule has 0 aromatic carbocycles. The second-order valence-electron chi connectivity index (χ2n) is 7.41. The summed E-state index contributed by atoms with van der Waals surface area (Å²) in [4.78, 5) is 32.7. The normalized spacial score (nSPS) is 16.0. The highest BCUT2D eigenvalue weighted by atomic mass is 32.1. The van der Waals surface area contributed by atoms with Crippen LogP contribution in [0, 0.1) is 10.1 Å². The van der Waals surface area contributed by atoms with Crippen LogP contribution in [0.15, 0.2) is 47.0 Å². The maximum Gasteiger partial charge on any atom is 0.324 e. The van der Waals surface area contributed by atoms with Gasteiger partial charge in [0.2, 0.25) is 0 Å². The molecule has 4 aromatic heterocycles. The number of thiophene rings is 1. The van der Waals surface area contributed by atoms with E-state index in [0.717, 1.165) is 54.6 Å². The van der Waals surface area contributed by atoms with Crippen molar-refractivity contribution in [3.63, 3.8) is 0 Å². The van der Waals surface area contributed by atoms with Crippen molar-refractivity contribution in [2.75, 3.05) is 13.1 Å². The first-order valence-corrected chi connectivity index (χ1v) is 10.4. The summed E-state index contributed by atoms with van der Waals surface area (Å²) in [5, 5.41) is 14.6. The van der Waals surface area contributed by atoms with Crippen LogP contribution in [0.4, 0.5) is 5.00 Å². The van der Waals surface area contributed by atoms with E-state index in [9.17, 15) is 14.9 Å². The third-order valence-electron chi connectivity index (χ3n) is 5.64. The predicted octanol–water partition coefficient (Wildman–Crippen LogP) is 3.68. The Labute approximate surface area is 169 Å². The van der Waals surface area contributed by atoms with Gasteiger partial charge in [-0.05, 0) is 24.5 Å². The third kappa shape index (κ3) is 3.22. The van der Waals surface area contributed by atoms with Crippen molar-refractivity contribution in [2.45, 2.75) is 25.4 Å². The minimum absolute atomic E-state index is 0.0108. The number of aromatic nitrogens is 3. The summed E-state index contributed by atoms with van der Waals surface area (Å²) in [7, 11) is 0. The van der Waals surface area contributed by atoms with Crippen LogP contribution in [0.1, 0.15) is 24.4 Å². The standard InChI is InChI=1S/C20H19N5O3S/c26-17-4-8-24(19-15-1-5-21-20(15)22-10-16(17)19)14-2-6-23(7-3-14)11-13-9-18(25(27)28)29-12-13/h1,4-5,8-10,12,14H,2-3,6-7,11H2,(H,21,22). The van der Waals surface area contributed by atoms with Gasteiger partial charge in [0.15, 0.2) is 5.43 Å². The molecule has 0 amide bonds. The molecular formula is C20H19N5O3S. The molecule has 0 spiro atoms. The largest absolute Gasteiger partial charge is 0.346 e. The minimum Gasteiger partial charge on any atom is -0.346 e. The Morgan fingerprint density at radius 2 is 2.10 bits per heavy atom. The van der Waals surface area contributed by atoms with Crippen molar-refractivity contribution >= 4 is 38.3 Å². The summed E-state index contributed by atoms with van der Waals surface area (Å²) in [5.74, 6) is 0. The van der Waals surface area contributed by atoms with Crippen molar-refractivity contribution in [3.05, 3.63) is 68.1 Å². The molecule has 1 N–H and O–H groups in total. The molecule has 0 bridgehead atoms. The van der Waals surface area contributed by atoms with Gasteiger partial charge in [-0.1, -0.05) is 11.3 Å². The quantitative estimate of drug-likeness (QED) is 0.410. The van der Waals surface area contributed by atoms with Gasteiger partial charge in [-0.15, -0.1) is 0 Å². The Morgan fingerprint density at radius 3 is 2.86 bits per heavy atom. The molecule has 148 valence electrons. The van der Waals surface area contributed by atoms with E-state index in [1.54, 1.807) is 18.3 Å². The van der Waals surface area contributed by atoms with Gasteiger partial charge in [0.1, 0.15) is 5.65 Å². The topological polar surface area (TPSA) is 97.1 Å². The number of H-pyrrole nitrogens is 1. The highest BCUT2D eigenvalue weighted by Crippen LogP contribution is 2.30. The van der Waals surface area contributed by atoms with Crippen molar-refractivity contribution in [1.82, 2.24) is 19.4 Å². The lowest BCUT2D eigenvalue weighted by atomic mass is 10.0. The maximum absolute atomic E-state index is 12.4. The summed E-state index contributed by atoms with van der Waals surface area (Å²) in [6, 6.07) is 5.56. The first-order chi connectivity index (χ1) is 14.1. The number of hydrogen-bond donors (Lipinski definition) is 1. The average molecular weight is 409 g/mol. The fraction of sp³-hybridized carbons (Fsp3) is 0.300. The molecule has 0 saturated carbocycles. The zero-order valence-electron chi connectivity index (χ0n) is 15.6. The van der Waals surface area contributed by atoms with Gasteiger partial charge in [-0.3, -0.25) is 19.8 Å². The Hall–Kier alpha value is -3.04. The van der Waals surface area contributed by atoms with E-state index >= 15 is 0 Å². The Balaban J connectivity index is 1.39. The smallest absolute Gasteiger partial charge is 0.324 e. The molecular weight excluding hydrogens is 390 g/mol. The van der Waals surface area contributed by atoms with E-state index in [4.69, 9.17) is 0 Å². The first kappa shape index (κ1) is 18.0. The maximum atomic E-state index is 12.4. The summed E-state index contributed by atoms with van der Waals surface area (Å²) in [6.07, 6.45) is 7.32. The number of rotatable bonds is 4. The summed E-state index contributed by atoms with van der Waals surface area (Å²) >= 11 is 1.18. The average Bonchev–Trinajstić information content (AvgIpc) is 3.38. The van der Waals surface area contributed by atoms with Crippen molar-refractivity contribution in [3.8, 4) is 0 Å². The van der Waals surface area contributed by atoms with Gasteiger partial charge in [0.25, 0.3) is 0 Å². The first-order valence-electron chi connectivity index (χ1n) is 9.51. The summed E-state index contributed by atoms with van der Waals surface area (Å²) in [6.45, 7) is 2.54. The molecule has 5 rings (SSSR count). The van der Waals surface area contributed by atoms with Gasteiger partial charge < -0.3 is 9.55 Å². The lowest BCUT2D eigenvalue weighted by Gasteiger charge is -2.33. The molecule has 0 unspecified atom stereocenters. The molecule has 1 aliphatic rings. The van der Waals surface area contributed by atoms with Crippen LogP contribution in [0.3, 0.4) is 0 Å². The van der Waals surface area contributed by atoms with E-state index in [2.05, 4.69) is 19.4 Å². The number of hydrogen-bond acceptors (Lipinski definition) is 6. The van der Waals surface area contributed by atoms with E-state index < -0.39 is 0 Å². The second-order valence-corrected chi connectivity index (χ2v) is 8.29. The number of nitrogens with zero attached hydrogens (tertiary/aromatic N) is 4.